The first-order valence-electron chi connectivity index (χ1n) is 6.68. The van der Waals surface area contributed by atoms with Gasteiger partial charge < -0.3 is 14.7 Å². The van der Waals surface area contributed by atoms with Gasteiger partial charge in [0.2, 0.25) is 5.91 Å². The number of unbranched alkanes of at least 4 members (excludes halogenated alkanes) is 2. The van der Waals surface area contributed by atoms with Crippen LogP contribution in [0.25, 0.3) is 0 Å². The fraction of sp³-hybridized carbons (Fsp3) is 0.923. The zero-order valence-electron chi connectivity index (χ0n) is 11.0. The smallest absolute Gasteiger partial charge is 0.228 e. The van der Waals surface area contributed by atoms with Gasteiger partial charge in [-0.3, -0.25) is 4.79 Å². The van der Waals surface area contributed by atoms with Crippen LogP contribution >= 0.6 is 0 Å². The second-order valence-corrected chi connectivity index (χ2v) is 4.76. The van der Waals surface area contributed by atoms with Gasteiger partial charge in [-0.1, -0.05) is 6.92 Å². The number of carbonyl (C=O) groups excluding carboxylic acids is 1. The molecule has 0 spiro atoms. The Morgan fingerprint density at radius 1 is 1.41 bits per heavy atom. The van der Waals surface area contributed by atoms with Crippen molar-refractivity contribution in [2.24, 2.45) is 5.92 Å². The van der Waals surface area contributed by atoms with Crippen molar-refractivity contribution in [3.05, 3.63) is 0 Å². The highest BCUT2D eigenvalue weighted by Crippen LogP contribution is 2.25. The number of nitrogens with zero attached hydrogens (tertiary/aromatic N) is 1. The van der Waals surface area contributed by atoms with Gasteiger partial charge in [-0.15, -0.1) is 0 Å². The van der Waals surface area contributed by atoms with Crippen LogP contribution in [0.1, 0.15) is 39.0 Å². The van der Waals surface area contributed by atoms with Crippen molar-refractivity contribution in [3.63, 3.8) is 0 Å². The van der Waals surface area contributed by atoms with Gasteiger partial charge in [-0.2, -0.15) is 0 Å². The average molecular weight is 243 g/mol. The molecule has 1 aliphatic rings. The Hall–Kier alpha value is -0.610. The molecule has 4 nitrogen and oxygen atoms in total. The topological polar surface area (TPSA) is 49.8 Å². The van der Waals surface area contributed by atoms with Crippen LogP contribution in [-0.4, -0.2) is 48.8 Å². The van der Waals surface area contributed by atoms with Crippen LogP contribution in [0.2, 0.25) is 0 Å². The average Bonchev–Trinajstić information content (AvgIpc) is 2.81. The molecule has 0 radical (unpaired) electrons. The SMILES string of the molecule is CCC1OCCC1C(=O)N(C)CCCCCO. The van der Waals surface area contributed by atoms with Crippen LogP contribution in [-0.2, 0) is 9.53 Å². The van der Waals surface area contributed by atoms with Crippen molar-refractivity contribution in [2.45, 2.75) is 45.1 Å². The predicted octanol–water partition coefficient (Wildman–Crippen LogP) is 1.42. The summed E-state index contributed by atoms with van der Waals surface area (Å²) in [7, 11) is 1.87. The maximum absolute atomic E-state index is 12.2. The Bertz CT molecular complexity index is 233. The van der Waals surface area contributed by atoms with Crippen LogP contribution in [0.4, 0.5) is 0 Å². The van der Waals surface area contributed by atoms with Gasteiger partial charge in [0.15, 0.2) is 0 Å². The molecule has 100 valence electrons. The number of carbonyl (C=O) groups is 1. The van der Waals surface area contributed by atoms with E-state index in [9.17, 15) is 4.79 Å². The number of rotatable bonds is 7. The van der Waals surface area contributed by atoms with Crippen LogP contribution < -0.4 is 0 Å². The number of aliphatic hydroxyl groups excluding tert-OH is 1. The summed E-state index contributed by atoms with van der Waals surface area (Å²) in [6, 6.07) is 0. The molecule has 0 bridgehead atoms. The van der Waals surface area contributed by atoms with Crippen molar-refractivity contribution < 1.29 is 14.6 Å². The molecule has 1 rings (SSSR count). The monoisotopic (exact) mass is 243 g/mol. The summed E-state index contributed by atoms with van der Waals surface area (Å²) in [6.45, 7) is 3.81. The fourth-order valence-electron chi connectivity index (χ4n) is 2.36. The second kappa shape index (κ2) is 7.67. The number of aliphatic hydroxyl groups is 1. The number of hydrogen-bond donors (Lipinski definition) is 1. The van der Waals surface area contributed by atoms with E-state index in [1.54, 1.807) is 0 Å². The largest absolute Gasteiger partial charge is 0.396 e. The molecule has 1 fully saturated rings. The Morgan fingerprint density at radius 2 is 2.18 bits per heavy atom. The summed E-state index contributed by atoms with van der Waals surface area (Å²) < 4.78 is 5.55. The van der Waals surface area contributed by atoms with Crippen molar-refractivity contribution in [2.75, 3.05) is 26.8 Å². The minimum absolute atomic E-state index is 0.0582. The molecule has 1 amide bonds. The summed E-state index contributed by atoms with van der Waals surface area (Å²) in [5.74, 6) is 0.279. The predicted molar refractivity (Wildman–Crippen MR) is 66.7 cm³/mol. The van der Waals surface area contributed by atoms with Gasteiger partial charge in [-0.25, -0.2) is 0 Å². The standard InChI is InChI=1S/C13H25NO3/c1-3-12-11(7-10-17-12)13(16)14(2)8-5-4-6-9-15/h11-12,15H,3-10H2,1-2H3. The molecule has 1 heterocycles. The normalized spacial score (nSPS) is 23.9. The van der Waals surface area contributed by atoms with Gasteiger partial charge in [0.25, 0.3) is 0 Å². The number of hydrogen-bond acceptors (Lipinski definition) is 3. The van der Waals surface area contributed by atoms with E-state index in [1.807, 2.05) is 11.9 Å². The molecule has 0 aromatic heterocycles. The Labute approximate surface area is 104 Å². The molecule has 4 heteroatoms. The van der Waals surface area contributed by atoms with E-state index in [4.69, 9.17) is 9.84 Å². The molecule has 0 aromatic carbocycles. The molecule has 1 aliphatic heterocycles. The van der Waals surface area contributed by atoms with Crippen LogP contribution in [0, 0.1) is 5.92 Å². The highest BCUT2D eigenvalue weighted by molar-refractivity contribution is 5.79. The summed E-state index contributed by atoms with van der Waals surface area (Å²) in [5, 5.41) is 8.68. The highest BCUT2D eigenvalue weighted by Gasteiger charge is 2.34. The fourth-order valence-corrected chi connectivity index (χ4v) is 2.36. The minimum Gasteiger partial charge on any atom is -0.396 e. The summed E-state index contributed by atoms with van der Waals surface area (Å²) in [6.07, 6.45) is 4.65. The molecule has 2 unspecified atom stereocenters. The van der Waals surface area contributed by atoms with Gasteiger partial charge in [0.1, 0.15) is 0 Å². The molecule has 0 saturated carbocycles. The first-order valence-corrected chi connectivity index (χ1v) is 6.68. The van der Waals surface area contributed by atoms with E-state index < -0.39 is 0 Å². The Kier molecular flexibility index (Phi) is 6.52. The lowest BCUT2D eigenvalue weighted by molar-refractivity contribution is -0.136. The molecular formula is C13H25NO3. The van der Waals surface area contributed by atoms with E-state index in [-0.39, 0.29) is 24.5 Å². The van der Waals surface area contributed by atoms with Crippen LogP contribution in [0.3, 0.4) is 0 Å². The Morgan fingerprint density at radius 3 is 2.82 bits per heavy atom. The number of ether oxygens (including phenoxy) is 1. The van der Waals surface area contributed by atoms with Crippen molar-refractivity contribution in [1.29, 1.82) is 0 Å². The molecule has 1 N–H and O–H groups in total. The second-order valence-electron chi connectivity index (χ2n) is 4.76. The van der Waals surface area contributed by atoms with E-state index in [0.29, 0.717) is 6.61 Å². The van der Waals surface area contributed by atoms with Crippen molar-refractivity contribution >= 4 is 5.91 Å². The van der Waals surface area contributed by atoms with E-state index in [1.165, 1.54) is 0 Å². The molecule has 17 heavy (non-hydrogen) atoms. The first kappa shape index (κ1) is 14.5. The molecular weight excluding hydrogens is 218 g/mol. The quantitative estimate of drug-likeness (QED) is 0.688. The first-order chi connectivity index (χ1) is 8.20. The third-order valence-corrected chi connectivity index (χ3v) is 3.46. The maximum Gasteiger partial charge on any atom is 0.228 e. The molecule has 2 atom stereocenters. The lowest BCUT2D eigenvalue weighted by Gasteiger charge is -2.23. The summed E-state index contributed by atoms with van der Waals surface area (Å²) in [5.41, 5.74) is 0. The maximum atomic E-state index is 12.2. The summed E-state index contributed by atoms with van der Waals surface area (Å²) in [4.78, 5) is 14.0. The van der Waals surface area contributed by atoms with Gasteiger partial charge in [0, 0.05) is 26.8 Å². The van der Waals surface area contributed by atoms with Gasteiger partial charge >= 0.3 is 0 Å². The van der Waals surface area contributed by atoms with E-state index in [2.05, 4.69) is 6.92 Å². The lowest BCUT2D eigenvalue weighted by Crippen LogP contribution is -2.37. The lowest BCUT2D eigenvalue weighted by atomic mass is 9.98. The molecule has 1 saturated heterocycles. The van der Waals surface area contributed by atoms with Gasteiger partial charge in [0.05, 0.1) is 12.0 Å². The zero-order valence-corrected chi connectivity index (χ0v) is 11.0. The third-order valence-electron chi connectivity index (χ3n) is 3.46. The Balaban J connectivity index is 2.30. The minimum atomic E-state index is 0.0582. The third kappa shape index (κ3) is 4.28. The van der Waals surface area contributed by atoms with Crippen molar-refractivity contribution in [3.8, 4) is 0 Å². The van der Waals surface area contributed by atoms with E-state index >= 15 is 0 Å². The number of amides is 1. The highest BCUT2D eigenvalue weighted by atomic mass is 16.5. The van der Waals surface area contributed by atoms with Crippen molar-refractivity contribution in [1.82, 2.24) is 4.90 Å². The van der Waals surface area contributed by atoms with E-state index in [0.717, 1.165) is 38.6 Å². The molecule has 0 aliphatic carbocycles. The van der Waals surface area contributed by atoms with Crippen LogP contribution in [0.15, 0.2) is 0 Å². The zero-order chi connectivity index (χ0) is 12.7. The van der Waals surface area contributed by atoms with Crippen LogP contribution in [0.5, 0.6) is 0 Å². The summed E-state index contributed by atoms with van der Waals surface area (Å²) >= 11 is 0. The molecule has 0 aromatic rings. The van der Waals surface area contributed by atoms with Gasteiger partial charge in [-0.05, 0) is 32.1 Å².